The molecule has 0 saturated heterocycles. The van der Waals surface area contributed by atoms with Gasteiger partial charge in [0.2, 0.25) is 0 Å². The first-order valence-corrected chi connectivity index (χ1v) is 5.00. The number of carbonyl (C=O) groups is 1. The van der Waals surface area contributed by atoms with Gasteiger partial charge in [0.1, 0.15) is 5.75 Å². The summed E-state index contributed by atoms with van der Waals surface area (Å²) < 4.78 is 5.13. The van der Waals surface area contributed by atoms with Crippen molar-refractivity contribution in [1.82, 2.24) is 5.32 Å². The summed E-state index contributed by atoms with van der Waals surface area (Å²) in [5, 5.41) is 2.84. The van der Waals surface area contributed by atoms with Crippen LogP contribution in [0.2, 0.25) is 0 Å². The van der Waals surface area contributed by atoms with Crippen LogP contribution in [0.15, 0.2) is 18.2 Å². The summed E-state index contributed by atoms with van der Waals surface area (Å²) in [4.78, 5) is 11.7. The maximum atomic E-state index is 11.7. The fourth-order valence-electron chi connectivity index (χ4n) is 1.37. The third-order valence-electron chi connectivity index (χ3n) is 2.08. The van der Waals surface area contributed by atoms with Crippen LogP contribution >= 0.6 is 0 Å². The van der Waals surface area contributed by atoms with Crippen molar-refractivity contribution in [3.8, 4) is 5.75 Å². The van der Waals surface area contributed by atoms with E-state index in [0.717, 1.165) is 11.3 Å². The molecule has 1 rings (SSSR count). The van der Waals surface area contributed by atoms with E-state index in [4.69, 9.17) is 4.74 Å². The number of rotatable bonds is 3. The van der Waals surface area contributed by atoms with Gasteiger partial charge in [0.25, 0.3) is 5.91 Å². The van der Waals surface area contributed by atoms with Crippen molar-refractivity contribution in [2.24, 2.45) is 0 Å². The molecule has 0 saturated carbocycles. The molecule has 1 aromatic rings. The molecule has 0 fully saturated rings. The van der Waals surface area contributed by atoms with Crippen molar-refractivity contribution >= 4 is 5.91 Å². The second-order valence-corrected chi connectivity index (χ2v) is 3.81. The number of hydrogen-bond acceptors (Lipinski definition) is 2. The number of carbonyl (C=O) groups excluding carboxylic acids is 1. The van der Waals surface area contributed by atoms with E-state index in [-0.39, 0.29) is 11.9 Å². The van der Waals surface area contributed by atoms with Crippen molar-refractivity contribution in [1.29, 1.82) is 0 Å². The molecule has 0 aromatic heterocycles. The largest absolute Gasteiger partial charge is 0.496 e. The topological polar surface area (TPSA) is 38.3 Å². The fraction of sp³-hybridized carbons (Fsp3) is 0.417. The highest BCUT2D eigenvalue weighted by Crippen LogP contribution is 2.18. The summed E-state index contributed by atoms with van der Waals surface area (Å²) in [5.74, 6) is 0.756. The van der Waals surface area contributed by atoms with Crippen LogP contribution in [0.4, 0.5) is 0 Å². The quantitative estimate of drug-likeness (QED) is 0.824. The van der Waals surface area contributed by atoms with Crippen molar-refractivity contribution in [2.75, 3.05) is 7.11 Å². The van der Waals surface area contributed by atoms with Gasteiger partial charge in [0.15, 0.2) is 0 Å². The minimum atomic E-state index is -0.0456. The number of amides is 1. The summed E-state index contributed by atoms with van der Waals surface area (Å²) in [7, 11) is 1.62. The third-order valence-corrected chi connectivity index (χ3v) is 2.08. The zero-order valence-electron chi connectivity index (χ0n) is 9.63. The molecule has 1 amide bonds. The van der Waals surface area contributed by atoms with E-state index in [1.54, 1.807) is 13.2 Å². The van der Waals surface area contributed by atoms with Crippen molar-refractivity contribution in [3.63, 3.8) is 0 Å². The van der Waals surface area contributed by atoms with Gasteiger partial charge in [-0.1, -0.05) is 0 Å². The smallest absolute Gasteiger partial charge is 0.251 e. The van der Waals surface area contributed by atoms with Crippen LogP contribution in [-0.4, -0.2) is 19.1 Å². The standard InChI is InChI=1S/C12H17NO2/c1-8(2)13-12(14)10-5-6-11(15-4)9(3)7-10/h5-8H,1-4H3,(H,13,14). The fourth-order valence-corrected chi connectivity index (χ4v) is 1.37. The average molecular weight is 207 g/mol. The highest BCUT2D eigenvalue weighted by molar-refractivity contribution is 5.94. The predicted molar refractivity (Wildman–Crippen MR) is 60.3 cm³/mol. The van der Waals surface area contributed by atoms with Gasteiger partial charge < -0.3 is 10.1 Å². The molecule has 1 N–H and O–H groups in total. The monoisotopic (exact) mass is 207 g/mol. The molecule has 0 heterocycles. The molecule has 15 heavy (non-hydrogen) atoms. The Morgan fingerprint density at radius 1 is 1.40 bits per heavy atom. The Labute approximate surface area is 90.4 Å². The molecule has 0 bridgehead atoms. The van der Waals surface area contributed by atoms with E-state index in [9.17, 15) is 4.79 Å². The van der Waals surface area contributed by atoms with Gasteiger partial charge in [-0.2, -0.15) is 0 Å². The van der Waals surface area contributed by atoms with Gasteiger partial charge in [0, 0.05) is 11.6 Å². The van der Waals surface area contributed by atoms with E-state index in [2.05, 4.69) is 5.32 Å². The Hall–Kier alpha value is -1.51. The van der Waals surface area contributed by atoms with Crippen molar-refractivity contribution in [3.05, 3.63) is 29.3 Å². The minimum Gasteiger partial charge on any atom is -0.496 e. The zero-order chi connectivity index (χ0) is 11.4. The number of aryl methyl sites for hydroxylation is 1. The highest BCUT2D eigenvalue weighted by Gasteiger charge is 2.08. The first-order valence-electron chi connectivity index (χ1n) is 5.00. The van der Waals surface area contributed by atoms with Crippen LogP contribution in [0.3, 0.4) is 0 Å². The van der Waals surface area contributed by atoms with Gasteiger partial charge in [-0.05, 0) is 44.5 Å². The second kappa shape index (κ2) is 4.82. The molecule has 0 radical (unpaired) electrons. The number of hydrogen-bond donors (Lipinski definition) is 1. The van der Waals surface area contributed by atoms with Crippen LogP contribution in [0.5, 0.6) is 5.75 Å². The molecule has 0 spiro atoms. The van der Waals surface area contributed by atoms with E-state index < -0.39 is 0 Å². The number of methoxy groups -OCH3 is 1. The van der Waals surface area contributed by atoms with Gasteiger partial charge in [-0.15, -0.1) is 0 Å². The molecule has 1 aromatic carbocycles. The number of benzene rings is 1. The molecule has 0 aliphatic rings. The lowest BCUT2D eigenvalue weighted by Gasteiger charge is -2.10. The minimum absolute atomic E-state index is 0.0456. The third kappa shape index (κ3) is 2.98. The average Bonchev–Trinajstić information content (AvgIpc) is 2.16. The van der Waals surface area contributed by atoms with E-state index in [1.807, 2.05) is 32.9 Å². The normalized spacial score (nSPS) is 10.2. The van der Waals surface area contributed by atoms with Crippen LogP contribution in [0, 0.1) is 6.92 Å². The van der Waals surface area contributed by atoms with Crippen LogP contribution in [-0.2, 0) is 0 Å². The lowest BCUT2D eigenvalue weighted by molar-refractivity contribution is 0.0943. The van der Waals surface area contributed by atoms with Crippen LogP contribution in [0.1, 0.15) is 29.8 Å². The Morgan fingerprint density at radius 2 is 2.07 bits per heavy atom. The lowest BCUT2D eigenvalue weighted by atomic mass is 10.1. The van der Waals surface area contributed by atoms with E-state index in [0.29, 0.717) is 5.56 Å². The van der Waals surface area contributed by atoms with E-state index >= 15 is 0 Å². The summed E-state index contributed by atoms with van der Waals surface area (Å²) in [6.45, 7) is 5.80. The molecular weight excluding hydrogens is 190 g/mol. The van der Waals surface area contributed by atoms with Gasteiger partial charge in [-0.25, -0.2) is 0 Å². The van der Waals surface area contributed by atoms with E-state index in [1.165, 1.54) is 0 Å². The van der Waals surface area contributed by atoms with Gasteiger partial charge in [-0.3, -0.25) is 4.79 Å². The summed E-state index contributed by atoms with van der Waals surface area (Å²) in [6.07, 6.45) is 0. The molecule has 0 aliphatic heterocycles. The van der Waals surface area contributed by atoms with Gasteiger partial charge >= 0.3 is 0 Å². The zero-order valence-corrected chi connectivity index (χ0v) is 9.63. The Bertz CT molecular complexity index is 359. The molecule has 3 heteroatoms. The van der Waals surface area contributed by atoms with Gasteiger partial charge in [0.05, 0.1) is 7.11 Å². The first kappa shape index (κ1) is 11.6. The second-order valence-electron chi connectivity index (χ2n) is 3.81. The SMILES string of the molecule is COc1ccc(C(=O)NC(C)C)cc1C. The van der Waals surface area contributed by atoms with Crippen LogP contribution < -0.4 is 10.1 Å². The Morgan fingerprint density at radius 3 is 2.53 bits per heavy atom. The van der Waals surface area contributed by atoms with Crippen molar-refractivity contribution < 1.29 is 9.53 Å². The molecule has 82 valence electrons. The number of nitrogens with one attached hydrogen (secondary N) is 1. The Balaban J connectivity index is 2.87. The summed E-state index contributed by atoms with van der Waals surface area (Å²) in [5.41, 5.74) is 1.64. The highest BCUT2D eigenvalue weighted by atomic mass is 16.5. The maximum absolute atomic E-state index is 11.7. The predicted octanol–water partition coefficient (Wildman–Crippen LogP) is 2.14. The molecule has 0 unspecified atom stereocenters. The Kier molecular flexibility index (Phi) is 3.72. The molecular formula is C12H17NO2. The van der Waals surface area contributed by atoms with Crippen molar-refractivity contribution in [2.45, 2.75) is 26.8 Å². The number of ether oxygens (including phenoxy) is 1. The molecule has 0 atom stereocenters. The summed E-state index contributed by atoms with van der Waals surface area (Å²) >= 11 is 0. The molecule has 3 nitrogen and oxygen atoms in total. The lowest BCUT2D eigenvalue weighted by Crippen LogP contribution is -2.30. The molecule has 0 aliphatic carbocycles. The summed E-state index contributed by atoms with van der Waals surface area (Å²) in [6, 6.07) is 5.56. The maximum Gasteiger partial charge on any atom is 0.251 e. The van der Waals surface area contributed by atoms with Crippen LogP contribution in [0.25, 0.3) is 0 Å². The first-order chi connectivity index (χ1) is 7.04.